The molecule has 2 aromatic carbocycles. The predicted octanol–water partition coefficient (Wildman–Crippen LogP) is 4.20. The second-order valence-electron chi connectivity index (χ2n) is 12.6. The normalized spacial score (nSPS) is 28.8. The Bertz CT molecular complexity index is 1520. The summed E-state index contributed by atoms with van der Waals surface area (Å²) in [6.07, 6.45) is 7.52. The second-order valence-corrected chi connectivity index (χ2v) is 12.6. The highest BCUT2D eigenvalue weighted by atomic mass is 16.5. The number of aliphatic hydroxyl groups excluding tert-OH is 1. The Kier molecular flexibility index (Phi) is 8.35. The summed E-state index contributed by atoms with van der Waals surface area (Å²) < 4.78 is 12.4. The molecule has 4 aliphatic heterocycles. The van der Waals surface area contributed by atoms with E-state index in [0.29, 0.717) is 37.6 Å². The van der Waals surface area contributed by atoms with Gasteiger partial charge in [0.1, 0.15) is 17.4 Å². The van der Waals surface area contributed by atoms with Crippen LogP contribution < -0.4 is 14.5 Å². The number of anilines is 2. The van der Waals surface area contributed by atoms with Gasteiger partial charge in [0.15, 0.2) is 0 Å². The number of aryl methyl sites for hydroxylation is 2. The van der Waals surface area contributed by atoms with Crippen LogP contribution in [0.15, 0.2) is 66.8 Å². The number of nitrogens with zero attached hydrogens (tertiary/aromatic N) is 3. The van der Waals surface area contributed by atoms with Crippen LogP contribution in [0.1, 0.15) is 38.3 Å². The Morgan fingerprint density at radius 1 is 0.956 bits per heavy atom. The number of likely N-dealkylation sites (tertiary alicyclic amines) is 1. The van der Waals surface area contributed by atoms with E-state index in [-0.39, 0.29) is 30.2 Å². The molecule has 4 aliphatic rings. The first-order valence-electron chi connectivity index (χ1n) is 16.1. The van der Waals surface area contributed by atoms with Crippen LogP contribution in [0.25, 0.3) is 0 Å². The summed E-state index contributed by atoms with van der Waals surface area (Å²) in [4.78, 5) is 49.2. The molecule has 3 amide bonds. The number of ether oxygens (including phenoxy) is 2. The summed E-state index contributed by atoms with van der Waals surface area (Å²) in [5, 5.41) is 10.7. The van der Waals surface area contributed by atoms with E-state index in [9.17, 15) is 19.5 Å². The van der Waals surface area contributed by atoms with Crippen molar-refractivity contribution < 1.29 is 29.0 Å². The number of carbonyl (C=O) groups excluding carboxylic acids is 3. The van der Waals surface area contributed by atoms with Crippen LogP contribution in [0.2, 0.25) is 0 Å². The number of hydrogen-bond donors (Lipinski definition) is 1. The van der Waals surface area contributed by atoms with Crippen molar-refractivity contribution in [2.24, 2.45) is 17.8 Å². The summed E-state index contributed by atoms with van der Waals surface area (Å²) in [7, 11) is 0. The molecule has 1 N–H and O–H groups in total. The molecule has 0 radical (unpaired) electrons. The maximum absolute atomic E-state index is 14.9. The molecule has 1 unspecified atom stereocenters. The van der Waals surface area contributed by atoms with E-state index in [1.807, 2.05) is 101 Å². The molecule has 45 heavy (non-hydrogen) atoms. The summed E-state index contributed by atoms with van der Waals surface area (Å²) in [5.41, 5.74) is 2.01. The number of aliphatic hydroxyl groups is 1. The molecule has 4 heterocycles. The third-order valence-corrected chi connectivity index (χ3v) is 10.1. The molecule has 0 bridgehead atoms. The van der Waals surface area contributed by atoms with E-state index in [4.69, 9.17) is 9.47 Å². The standard InChI is InChI=1S/C36H43N3O6/c1-6-22(3)27(21-40)39-32-35(43)38(31-23(4)11-8-12-24(31)5)20-10-18-36(32)30(34(39)42)29-28(45-36)13-9-19-37(33(29)41)25-14-16-26(17-15-25)44-7-2/h8-18,22,27-30,32,40H,6-7,19-21H2,1-5H3/t22-,27-,28+,29-,30-,32?,36-/m0/s1. The van der Waals surface area contributed by atoms with Crippen LogP contribution in [0.3, 0.4) is 0 Å². The summed E-state index contributed by atoms with van der Waals surface area (Å²) in [5.74, 6) is -2.01. The smallest absolute Gasteiger partial charge is 0.253 e. The molecule has 0 aliphatic carbocycles. The number of hydrogen-bond acceptors (Lipinski definition) is 6. The highest BCUT2D eigenvalue weighted by Gasteiger charge is 2.72. The second kappa shape index (κ2) is 12.1. The first-order valence-corrected chi connectivity index (χ1v) is 16.1. The van der Waals surface area contributed by atoms with Crippen LogP contribution in [0.5, 0.6) is 5.75 Å². The first kappa shape index (κ1) is 31.0. The molecule has 2 aromatic rings. The summed E-state index contributed by atoms with van der Waals surface area (Å²) in [6.45, 7) is 10.7. The Balaban J connectivity index is 1.46. The first-order chi connectivity index (χ1) is 21.7. The van der Waals surface area contributed by atoms with Crippen molar-refractivity contribution in [3.8, 4) is 5.75 Å². The maximum Gasteiger partial charge on any atom is 0.253 e. The summed E-state index contributed by atoms with van der Waals surface area (Å²) >= 11 is 0. The van der Waals surface area contributed by atoms with Crippen LogP contribution >= 0.6 is 0 Å². The number of benzene rings is 2. The molecule has 0 aromatic heterocycles. The topological polar surface area (TPSA) is 99.6 Å². The fraction of sp³-hybridized carbons (Fsp3) is 0.472. The Hall–Kier alpha value is -3.95. The van der Waals surface area contributed by atoms with Crippen LogP contribution in [0, 0.1) is 31.6 Å². The lowest BCUT2D eigenvalue weighted by molar-refractivity contribution is -0.145. The summed E-state index contributed by atoms with van der Waals surface area (Å²) in [6, 6.07) is 11.6. The van der Waals surface area contributed by atoms with Crippen molar-refractivity contribution in [1.29, 1.82) is 0 Å². The van der Waals surface area contributed by atoms with Crippen molar-refractivity contribution in [1.82, 2.24) is 4.90 Å². The van der Waals surface area contributed by atoms with Gasteiger partial charge in [-0.2, -0.15) is 0 Å². The van der Waals surface area contributed by atoms with Gasteiger partial charge in [-0.3, -0.25) is 14.4 Å². The van der Waals surface area contributed by atoms with Gasteiger partial charge < -0.3 is 29.3 Å². The molecule has 1 spiro atoms. The molecule has 2 fully saturated rings. The van der Waals surface area contributed by atoms with E-state index in [1.165, 1.54) is 0 Å². The van der Waals surface area contributed by atoms with Crippen molar-refractivity contribution in [3.63, 3.8) is 0 Å². The van der Waals surface area contributed by atoms with Crippen LogP contribution in [0.4, 0.5) is 11.4 Å². The van der Waals surface area contributed by atoms with Crippen molar-refractivity contribution in [2.45, 2.75) is 64.8 Å². The highest BCUT2D eigenvalue weighted by molar-refractivity contribution is 6.08. The zero-order valence-corrected chi connectivity index (χ0v) is 26.7. The van der Waals surface area contributed by atoms with Gasteiger partial charge in [-0.05, 0) is 62.1 Å². The number of rotatable bonds is 8. The minimum atomic E-state index is -1.38. The monoisotopic (exact) mass is 613 g/mol. The number of amides is 3. The minimum Gasteiger partial charge on any atom is -0.494 e. The van der Waals surface area contributed by atoms with Gasteiger partial charge in [0, 0.05) is 24.5 Å². The fourth-order valence-electron chi connectivity index (χ4n) is 7.80. The van der Waals surface area contributed by atoms with E-state index < -0.39 is 35.6 Å². The number of carbonyl (C=O) groups is 3. The fourth-order valence-corrected chi connectivity index (χ4v) is 7.80. The lowest BCUT2D eigenvalue weighted by Gasteiger charge is -2.40. The Morgan fingerprint density at radius 3 is 2.29 bits per heavy atom. The van der Waals surface area contributed by atoms with Gasteiger partial charge >= 0.3 is 0 Å². The molecular formula is C36H43N3O6. The molecule has 2 saturated heterocycles. The lowest BCUT2D eigenvalue weighted by Crippen LogP contribution is -2.59. The average Bonchev–Trinajstić information content (AvgIpc) is 3.34. The van der Waals surface area contributed by atoms with Crippen molar-refractivity contribution >= 4 is 29.1 Å². The van der Waals surface area contributed by atoms with E-state index in [0.717, 1.165) is 16.8 Å². The van der Waals surface area contributed by atoms with Gasteiger partial charge in [0.25, 0.3) is 5.91 Å². The van der Waals surface area contributed by atoms with E-state index in [2.05, 4.69) is 0 Å². The van der Waals surface area contributed by atoms with Gasteiger partial charge in [-0.1, -0.05) is 62.8 Å². The lowest BCUT2D eigenvalue weighted by atomic mass is 9.77. The Labute approximate surface area is 265 Å². The minimum absolute atomic E-state index is 0.0932. The third kappa shape index (κ3) is 4.88. The SMILES string of the molecule is CCOc1ccc(N2CC=C[C@H]3O[C@]45C=CCN(c6c(C)cccc6C)C(=O)C4N([C@@H](CO)[C@@H](C)CC)C(=O)[C@@H]5[C@H]3C2=O)cc1. The number of fused-ring (bicyclic) bond motifs is 2. The van der Waals surface area contributed by atoms with Gasteiger partial charge in [-0.25, -0.2) is 0 Å². The zero-order valence-electron chi connectivity index (χ0n) is 26.7. The largest absolute Gasteiger partial charge is 0.494 e. The quantitative estimate of drug-likeness (QED) is 0.449. The zero-order chi connectivity index (χ0) is 32.0. The molecule has 6 rings (SSSR count). The van der Waals surface area contributed by atoms with Gasteiger partial charge in [0.05, 0.1) is 37.2 Å². The third-order valence-electron chi connectivity index (χ3n) is 10.1. The molecule has 7 atom stereocenters. The predicted molar refractivity (Wildman–Crippen MR) is 172 cm³/mol. The van der Waals surface area contributed by atoms with Gasteiger partial charge in [0.2, 0.25) is 11.8 Å². The van der Waals surface area contributed by atoms with E-state index >= 15 is 0 Å². The van der Waals surface area contributed by atoms with E-state index in [1.54, 1.807) is 14.7 Å². The molecule has 9 heteroatoms. The number of para-hydroxylation sites is 1. The van der Waals surface area contributed by atoms with Crippen molar-refractivity contribution in [2.75, 3.05) is 36.1 Å². The molecule has 9 nitrogen and oxygen atoms in total. The molecular weight excluding hydrogens is 570 g/mol. The molecule has 0 saturated carbocycles. The average molecular weight is 614 g/mol. The Morgan fingerprint density at radius 2 is 1.64 bits per heavy atom. The van der Waals surface area contributed by atoms with Crippen molar-refractivity contribution in [3.05, 3.63) is 77.9 Å². The van der Waals surface area contributed by atoms with Gasteiger partial charge in [-0.15, -0.1) is 0 Å². The van der Waals surface area contributed by atoms with Crippen LogP contribution in [-0.4, -0.2) is 77.8 Å². The molecule has 238 valence electrons. The maximum atomic E-state index is 14.9. The highest BCUT2D eigenvalue weighted by Crippen LogP contribution is 2.55. The van der Waals surface area contributed by atoms with Crippen LogP contribution in [-0.2, 0) is 19.1 Å².